The van der Waals surface area contributed by atoms with Crippen LogP contribution >= 0.6 is 0 Å². The molecule has 3 nitrogen and oxygen atoms in total. The number of hydrogen-bond donors (Lipinski definition) is 1. The highest BCUT2D eigenvalue weighted by Gasteiger charge is 2.05. The second-order valence-electron chi connectivity index (χ2n) is 5.39. The number of benzene rings is 1. The zero-order chi connectivity index (χ0) is 14.8. The number of para-hydroxylation sites is 1. The molecule has 20 heavy (non-hydrogen) atoms. The summed E-state index contributed by atoms with van der Waals surface area (Å²) in [5.41, 5.74) is 2.69. The summed E-state index contributed by atoms with van der Waals surface area (Å²) in [5, 5.41) is 3.49. The fourth-order valence-electron chi connectivity index (χ4n) is 2.22. The number of anilines is 1. The molecule has 0 fully saturated rings. The Bertz CT molecular complexity index is 366. The minimum absolute atomic E-state index is 0.339. The van der Waals surface area contributed by atoms with Crippen LogP contribution in [0, 0.1) is 6.92 Å². The third-order valence-electron chi connectivity index (χ3n) is 3.35. The first-order chi connectivity index (χ1) is 9.65. The van der Waals surface area contributed by atoms with Gasteiger partial charge in [-0.25, -0.2) is 0 Å². The van der Waals surface area contributed by atoms with E-state index < -0.39 is 0 Å². The quantitative estimate of drug-likeness (QED) is 0.665. The first-order valence-electron chi connectivity index (χ1n) is 7.78. The van der Waals surface area contributed by atoms with Crippen LogP contribution in [0.25, 0.3) is 0 Å². The van der Waals surface area contributed by atoms with Crippen molar-refractivity contribution in [2.75, 3.05) is 37.7 Å². The lowest BCUT2D eigenvalue weighted by Gasteiger charge is -2.25. The average Bonchev–Trinajstić information content (AvgIpc) is 2.43. The first kappa shape index (κ1) is 17.0. The Kier molecular flexibility index (Phi) is 8.31. The monoisotopic (exact) mass is 278 g/mol. The highest BCUT2D eigenvalue weighted by atomic mass is 16.5. The van der Waals surface area contributed by atoms with E-state index in [1.807, 2.05) is 0 Å². The predicted molar refractivity (Wildman–Crippen MR) is 87.6 cm³/mol. The predicted octanol–water partition coefficient (Wildman–Crippen LogP) is 3.23. The van der Waals surface area contributed by atoms with E-state index in [0.717, 1.165) is 39.2 Å². The van der Waals surface area contributed by atoms with Gasteiger partial charge in [0, 0.05) is 31.9 Å². The van der Waals surface area contributed by atoms with Gasteiger partial charge in [0.15, 0.2) is 0 Å². The number of nitrogens with one attached hydrogen (secondary N) is 1. The summed E-state index contributed by atoms with van der Waals surface area (Å²) >= 11 is 0. The summed E-state index contributed by atoms with van der Waals surface area (Å²) in [4.78, 5) is 2.42. The molecule has 0 aliphatic heterocycles. The molecule has 0 aromatic heterocycles. The molecule has 0 bridgehead atoms. The van der Waals surface area contributed by atoms with Crippen LogP contribution in [0.4, 0.5) is 5.69 Å². The number of ether oxygens (including phenoxy) is 1. The maximum atomic E-state index is 5.53. The lowest BCUT2D eigenvalue weighted by atomic mass is 10.2. The number of aryl methyl sites for hydroxylation is 1. The Morgan fingerprint density at radius 3 is 2.60 bits per heavy atom. The van der Waals surface area contributed by atoms with Gasteiger partial charge in [0.1, 0.15) is 0 Å². The molecule has 1 aromatic rings. The van der Waals surface area contributed by atoms with Crippen molar-refractivity contribution in [3.8, 4) is 0 Å². The van der Waals surface area contributed by atoms with Crippen LogP contribution in [0.15, 0.2) is 24.3 Å². The van der Waals surface area contributed by atoms with Crippen LogP contribution in [0.5, 0.6) is 0 Å². The Morgan fingerprint density at radius 1 is 1.20 bits per heavy atom. The number of nitrogens with zero attached hydrogens (tertiary/aromatic N) is 1. The van der Waals surface area contributed by atoms with Crippen molar-refractivity contribution < 1.29 is 4.74 Å². The van der Waals surface area contributed by atoms with Gasteiger partial charge in [0.25, 0.3) is 0 Å². The molecular formula is C17H30N2O. The zero-order valence-electron chi connectivity index (χ0n) is 13.5. The van der Waals surface area contributed by atoms with Gasteiger partial charge in [-0.05, 0) is 52.3 Å². The van der Waals surface area contributed by atoms with E-state index in [1.54, 1.807) is 0 Å². The summed E-state index contributed by atoms with van der Waals surface area (Å²) in [6, 6.07) is 8.59. The first-order valence-corrected chi connectivity index (χ1v) is 7.78. The Hall–Kier alpha value is -1.06. The standard InChI is InChI=1S/C17H30N2O/c1-5-19(17-10-7-6-9-16(17)4)13-12-18-11-8-14-20-15(2)3/h6-7,9-10,15,18H,5,8,11-14H2,1-4H3. The fourth-order valence-corrected chi connectivity index (χ4v) is 2.22. The number of rotatable bonds is 10. The fraction of sp³-hybridized carbons (Fsp3) is 0.647. The van der Waals surface area contributed by atoms with E-state index in [1.165, 1.54) is 11.3 Å². The van der Waals surface area contributed by atoms with E-state index >= 15 is 0 Å². The van der Waals surface area contributed by atoms with Crippen LogP contribution in [0.3, 0.4) is 0 Å². The molecule has 0 radical (unpaired) electrons. The van der Waals surface area contributed by atoms with Gasteiger partial charge in [-0.1, -0.05) is 18.2 Å². The lowest BCUT2D eigenvalue weighted by molar-refractivity contribution is 0.0771. The van der Waals surface area contributed by atoms with Crippen LogP contribution in [0.1, 0.15) is 32.8 Å². The molecule has 0 amide bonds. The van der Waals surface area contributed by atoms with Crippen molar-refractivity contribution >= 4 is 5.69 Å². The van der Waals surface area contributed by atoms with E-state index in [9.17, 15) is 0 Å². The number of hydrogen-bond acceptors (Lipinski definition) is 3. The number of likely N-dealkylation sites (N-methyl/N-ethyl adjacent to an activating group) is 1. The Labute approximate surface area is 124 Å². The maximum absolute atomic E-state index is 5.53. The van der Waals surface area contributed by atoms with Crippen molar-refractivity contribution in [3.05, 3.63) is 29.8 Å². The van der Waals surface area contributed by atoms with Gasteiger partial charge < -0.3 is 15.0 Å². The molecule has 0 aliphatic carbocycles. The van der Waals surface area contributed by atoms with E-state index in [4.69, 9.17) is 4.74 Å². The molecule has 0 unspecified atom stereocenters. The second kappa shape index (κ2) is 9.78. The van der Waals surface area contributed by atoms with Gasteiger partial charge in [-0.3, -0.25) is 0 Å². The minimum atomic E-state index is 0.339. The van der Waals surface area contributed by atoms with Crippen molar-refractivity contribution in [3.63, 3.8) is 0 Å². The van der Waals surface area contributed by atoms with Gasteiger partial charge in [0.2, 0.25) is 0 Å². The normalized spacial score (nSPS) is 11.1. The van der Waals surface area contributed by atoms with Gasteiger partial charge in [-0.15, -0.1) is 0 Å². The average molecular weight is 278 g/mol. The lowest BCUT2D eigenvalue weighted by Crippen LogP contribution is -2.33. The Balaban J connectivity index is 2.21. The molecule has 1 aromatic carbocycles. The summed E-state index contributed by atoms with van der Waals surface area (Å²) in [5.74, 6) is 0. The highest BCUT2D eigenvalue weighted by Crippen LogP contribution is 2.18. The molecule has 0 aliphatic rings. The summed E-state index contributed by atoms with van der Waals surface area (Å²) in [6.45, 7) is 13.5. The second-order valence-corrected chi connectivity index (χ2v) is 5.39. The van der Waals surface area contributed by atoms with E-state index in [-0.39, 0.29) is 0 Å². The van der Waals surface area contributed by atoms with Crippen LogP contribution in [0.2, 0.25) is 0 Å². The molecular weight excluding hydrogens is 248 g/mol. The van der Waals surface area contributed by atoms with E-state index in [0.29, 0.717) is 6.10 Å². The molecule has 114 valence electrons. The smallest absolute Gasteiger partial charge is 0.0518 e. The summed E-state index contributed by atoms with van der Waals surface area (Å²) in [6.07, 6.45) is 1.42. The van der Waals surface area contributed by atoms with Gasteiger partial charge in [-0.2, -0.15) is 0 Å². The largest absolute Gasteiger partial charge is 0.379 e. The van der Waals surface area contributed by atoms with Crippen molar-refractivity contribution in [1.29, 1.82) is 0 Å². The minimum Gasteiger partial charge on any atom is -0.379 e. The molecule has 0 atom stereocenters. The topological polar surface area (TPSA) is 24.5 Å². The third-order valence-corrected chi connectivity index (χ3v) is 3.35. The SMILES string of the molecule is CCN(CCNCCCOC(C)C)c1ccccc1C. The zero-order valence-corrected chi connectivity index (χ0v) is 13.5. The summed E-state index contributed by atoms with van der Waals surface area (Å²) < 4.78 is 5.53. The molecule has 1 rings (SSSR count). The van der Waals surface area contributed by atoms with Gasteiger partial charge >= 0.3 is 0 Å². The molecule has 0 saturated carbocycles. The third kappa shape index (κ3) is 6.40. The van der Waals surface area contributed by atoms with Crippen molar-refractivity contribution in [2.45, 2.75) is 40.2 Å². The molecule has 3 heteroatoms. The van der Waals surface area contributed by atoms with Crippen LogP contribution < -0.4 is 10.2 Å². The van der Waals surface area contributed by atoms with Crippen molar-refractivity contribution in [2.24, 2.45) is 0 Å². The van der Waals surface area contributed by atoms with E-state index in [2.05, 4.69) is 62.2 Å². The maximum Gasteiger partial charge on any atom is 0.0518 e. The van der Waals surface area contributed by atoms with Crippen LogP contribution in [-0.4, -0.2) is 38.9 Å². The highest BCUT2D eigenvalue weighted by molar-refractivity contribution is 5.52. The molecule has 0 saturated heterocycles. The molecule has 1 N–H and O–H groups in total. The summed E-state index contributed by atoms with van der Waals surface area (Å²) in [7, 11) is 0. The van der Waals surface area contributed by atoms with Crippen molar-refractivity contribution in [1.82, 2.24) is 5.32 Å². The Morgan fingerprint density at radius 2 is 1.95 bits per heavy atom. The van der Waals surface area contributed by atoms with Crippen LogP contribution in [-0.2, 0) is 4.74 Å². The van der Waals surface area contributed by atoms with Gasteiger partial charge in [0.05, 0.1) is 6.10 Å². The molecule has 0 spiro atoms. The molecule has 0 heterocycles.